The molecule has 2 saturated heterocycles. The quantitative estimate of drug-likeness (QED) is 0.887. The molecule has 2 aliphatic rings. The van der Waals surface area contributed by atoms with Gasteiger partial charge in [0.25, 0.3) is 0 Å². The summed E-state index contributed by atoms with van der Waals surface area (Å²) in [7, 11) is 0. The van der Waals surface area contributed by atoms with Crippen LogP contribution in [0.4, 0.5) is 5.69 Å². The molecule has 0 spiro atoms. The van der Waals surface area contributed by atoms with Crippen molar-refractivity contribution in [1.29, 1.82) is 0 Å². The topological polar surface area (TPSA) is 65.5 Å². The molecule has 3 unspecified atom stereocenters. The van der Waals surface area contributed by atoms with Gasteiger partial charge in [0.1, 0.15) is 0 Å². The minimum atomic E-state index is -0.474. The Kier molecular flexibility index (Phi) is 4.10. The monoisotopic (exact) mass is 289 g/mol. The van der Waals surface area contributed by atoms with Crippen LogP contribution in [0.2, 0.25) is 0 Å². The Morgan fingerprint density at radius 2 is 2.33 bits per heavy atom. The highest BCUT2D eigenvalue weighted by Gasteiger charge is 2.33. The van der Waals surface area contributed by atoms with E-state index in [-0.39, 0.29) is 5.91 Å². The Labute approximate surface area is 125 Å². The van der Waals surface area contributed by atoms with Gasteiger partial charge in [0, 0.05) is 25.6 Å². The third-order valence-corrected chi connectivity index (χ3v) is 4.69. The van der Waals surface area contributed by atoms with Crippen molar-refractivity contribution in [1.82, 2.24) is 10.3 Å². The van der Waals surface area contributed by atoms with E-state index in [1.807, 2.05) is 25.3 Å². The fourth-order valence-electron chi connectivity index (χ4n) is 3.34. The van der Waals surface area contributed by atoms with Crippen molar-refractivity contribution in [3.8, 4) is 0 Å². The molecule has 0 aromatic carbocycles. The minimum absolute atomic E-state index is 0.198. The lowest BCUT2D eigenvalue weighted by molar-refractivity contribution is -0.124. The molecule has 3 atom stereocenters. The maximum atomic E-state index is 11.4. The SMILES string of the molecule is CCC(O)c1ccc(N2CCC3NC(=O)CCC3C2)cn1. The molecular weight excluding hydrogens is 266 g/mol. The minimum Gasteiger partial charge on any atom is -0.387 e. The predicted octanol–water partition coefficient (Wildman–Crippen LogP) is 1.63. The van der Waals surface area contributed by atoms with E-state index >= 15 is 0 Å². The average molecular weight is 289 g/mol. The van der Waals surface area contributed by atoms with Gasteiger partial charge in [0.05, 0.1) is 23.7 Å². The molecule has 21 heavy (non-hydrogen) atoms. The van der Waals surface area contributed by atoms with Crippen LogP contribution in [0, 0.1) is 5.92 Å². The van der Waals surface area contributed by atoms with Crippen LogP contribution in [0.1, 0.15) is 44.4 Å². The number of hydrogen-bond donors (Lipinski definition) is 2. The number of nitrogens with zero attached hydrogens (tertiary/aromatic N) is 2. The van der Waals surface area contributed by atoms with Gasteiger partial charge in [0.15, 0.2) is 0 Å². The molecule has 0 bridgehead atoms. The zero-order valence-electron chi connectivity index (χ0n) is 12.5. The first-order valence-electron chi connectivity index (χ1n) is 7.85. The van der Waals surface area contributed by atoms with Crippen molar-refractivity contribution >= 4 is 11.6 Å². The summed E-state index contributed by atoms with van der Waals surface area (Å²) in [6.07, 6.45) is 4.69. The molecule has 1 aromatic heterocycles. The number of rotatable bonds is 3. The van der Waals surface area contributed by atoms with Crippen LogP contribution in [0.3, 0.4) is 0 Å². The number of aromatic nitrogens is 1. The zero-order chi connectivity index (χ0) is 14.8. The predicted molar refractivity (Wildman–Crippen MR) is 81.0 cm³/mol. The Balaban J connectivity index is 1.66. The summed E-state index contributed by atoms with van der Waals surface area (Å²) < 4.78 is 0. The van der Waals surface area contributed by atoms with E-state index in [2.05, 4.69) is 15.2 Å². The average Bonchev–Trinajstić information content (AvgIpc) is 2.53. The first-order chi connectivity index (χ1) is 10.2. The lowest BCUT2D eigenvalue weighted by Gasteiger charge is -2.42. The first kappa shape index (κ1) is 14.3. The molecule has 1 amide bonds. The van der Waals surface area contributed by atoms with E-state index < -0.39 is 6.10 Å². The molecule has 3 heterocycles. The Hall–Kier alpha value is -1.62. The fourth-order valence-corrected chi connectivity index (χ4v) is 3.34. The molecule has 5 nitrogen and oxygen atoms in total. The van der Waals surface area contributed by atoms with Gasteiger partial charge < -0.3 is 15.3 Å². The first-order valence-corrected chi connectivity index (χ1v) is 7.85. The van der Waals surface area contributed by atoms with Crippen LogP contribution >= 0.6 is 0 Å². The van der Waals surface area contributed by atoms with Gasteiger partial charge in [-0.2, -0.15) is 0 Å². The van der Waals surface area contributed by atoms with E-state index in [1.54, 1.807) is 0 Å². The molecule has 114 valence electrons. The van der Waals surface area contributed by atoms with E-state index in [0.29, 0.717) is 24.8 Å². The van der Waals surface area contributed by atoms with Gasteiger partial charge in [-0.1, -0.05) is 6.92 Å². The lowest BCUT2D eigenvalue weighted by atomic mass is 9.85. The van der Waals surface area contributed by atoms with Crippen LogP contribution in [-0.4, -0.2) is 35.1 Å². The highest BCUT2D eigenvalue weighted by molar-refractivity contribution is 5.77. The second-order valence-electron chi connectivity index (χ2n) is 6.07. The summed E-state index contributed by atoms with van der Waals surface area (Å²) in [6.45, 7) is 3.86. The normalized spacial score (nSPS) is 27.0. The van der Waals surface area contributed by atoms with Gasteiger partial charge in [-0.3, -0.25) is 9.78 Å². The number of piperidine rings is 2. The van der Waals surface area contributed by atoms with Crippen LogP contribution < -0.4 is 10.2 Å². The number of hydrogen-bond acceptors (Lipinski definition) is 4. The number of carbonyl (C=O) groups excluding carboxylic acids is 1. The standard InChI is InChI=1S/C16H23N3O2/c1-2-15(20)14-5-4-12(9-17-14)19-8-7-13-11(10-19)3-6-16(21)18-13/h4-5,9,11,13,15,20H,2-3,6-8,10H2,1H3,(H,18,21). The van der Waals surface area contributed by atoms with Crippen molar-refractivity contribution in [3.63, 3.8) is 0 Å². The van der Waals surface area contributed by atoms with E-state index in [4.69, 9.17) is 0 Å². The van der Waals surface area contributed by atoms with Crippen molar-refractivity contribution in [2.45, 2.75) is 44.8 Å². The second kappa shape index (κ2) is 6.02. The van der Waals surface area contributed by atoms with Crippen molar-refractivity contribution in [2.24, 2.45) is 5.92 Å². The van der Waals surface area contributed by atoms with Crippen molar-refractivity contribution in [2.75, 3.05) is 18.0 Å². The summed E-state index contributed by atoms with van der Waals surface area (Å²) in [4.78, 5) is 18.2. The summed E-state index contributed by atoms with van der Waals surface area (Å²) in [6, 6.07) is 4.30. The van der Waals surface area contributed by atoms with Crippen molar-refractivity contribution in [3.05, 3.63) is 24.0 Å². The summed E-state index contributed by atoms with van der Waals surface area (Å²) >= 11 is 0. The highest BCUT2D eigenvalue weighted by atomic mass is 16.3. The smallest absolute Gasteiger partial charge is 0.220 e. The number of nitrogens with one attached hydrogen (secondary N) is 1. The van der Waals surface area contributed by atoms with Gasteiger partial charge >= 0.3 is 0 Å². The molecule has 2 fully saturated rings. The van der Waals surface area contributed by atoms with E-state index in [9.17, 15) is 9.90 Å². The second-order valence-corrected chi connectivity index (χ2v) is 6.07. The maximum Gasteiger partial charge on any atom is 0.220 e. The number of amides is 1. The molecule has 0 aliphatic carbocycles. The van der Waals surface area contributed by atoms with Gasteiger partial charge in [-0.05, 0) is 37.3 Å². The van der Waals surface area contributed by atoms with Crippen LogP contribution in [0.25, 0.3) is 0 Å². The molecule has 0 saturated carbocycles. The third-order valence-electron chi connectivity index (χ3n) is 4.69. The number of aliphatic hydroxyl groups excluding tert-OH is 1. The highest BCUT2D eigenvalue weighted by Crippen LogP contribution is 2.28. The van der Waals surface area contributed by atoms with Crippen molar-refractivity contribution < 1.29 is 9.90 Å². The molecule has 1 aromatic rings. The Morgan fingerprint density at radius 3 is 3.05 bits per heavy atom. The molecule has 5 heteroatoms. The largest absolute Gasteiger partial charge is 0.387 e. The number of pyridine rings is 1. The van der Waals surface area contributed by atoms with Gasteiger partial charge in [-0.15, -0.1) is 0 Å². The summed E-state index contributed by atoms with van der Waals surface area (Å²) in [5.41, 5.74) is 1.85. The molecule has 2 N–H and O–H groups in total. The van der Waals surface area contributed by atoms with Crippen LogP contribution in [-0.2, 0) is 4.79 Å². The van der Waals surface area contributed by atoms with Crippen LogP contribution in [0.5, 0.6) is 0 Å². The molecule has 3 rings (SSSR count). The maximum absolute atomic E-state index is 11.4. The molecule has 2 aliphatic heterocycles. The summed E-state index contributed by atoms with van der Waals surface area (Å²) in [5.74, 6) is 0.738. The van der Waals surface area contributed by atoms with Gasteiger partial charge in [-0.25, -0.2) is 0 Å². The number of anilines is 1. The lowest BCUT2D eigenvalue weighted by Crippen LogP contribution is -2.54. The third kappa shape index (κ3) is 3.02. The molecule has 0 radical (unpaired) electrons. The van der Waals surface area contributed by atoms with E-state index in [1.165, 1.54) is 0 Å². The Morgan fingerprint density at radius 1 is 1.48 bits per heavy atom. The van der Waals surface area contributed by atoms with Gasteiger partial charge in [0.2, 0.25) is 5.91 Å². The molecular formula is C16H23N3O2. The number of aliphatic hydroxyl groups is 1. The number of carbonyl (C=O) groups is 1. The fraction of sp³-hybridized carbons (Fsp3) is 0.625. The Bertz CT molecular complexity index is 503. The zero-order valence-corrected chi connectivity index (χ0v) is 12.5. The van der Waals surface area contributed by atoms with E-state index in [0.717, 1.165) is 37.3 Å². The summed E-state index contributed by atoms with van der Waals surface area (Å²) in [5, 5.41) is 12.9. The van der Waals surface area contributed by atoms with Crippen LogP contribution in [0.15, 0.2) is 18.3 Å². The number of fused-ring (bicyclic) bond motifs is 1.